The Morgan fingerprint density at radius 3 is 2.30 bits per heavy atom. The van der Waals surface area contributed by atoms with Gasteiger partial charge in [0, 0.05) is 18.5 Å². The lowest BCUT2D eigenvalue weighted by Crippen LogP contribution is -2.44. The molecule has 2 N–H and O–H groups in total. The second-order valence-corrected chi connectivity index (χ2v) is 6.92. The van der Waals surface area contributed by atoms with E-state index in [4.69, 9.17) is 11.8 Å². The summed E-state index contributed by atoms with van der Waals surface area (Å²) in [5.74, 6) is 0. The standard InChI is InChI=1S/C19H30ClFN2/c20-23-16-6-2-5-15-22-19(12-3-1-4-13-19)18-9-7-17(8-10-18)11-14-21/h7-10,22-23H,1-6,11-16H2. The highest BCUT2D eigenvalue weighted by atomic mass is 35.5. The number of alkyl halides is 1. The third-order valence-corrected chi connectivity index (χ3v) is 5.20. The van der Waals surface area contributed by atoms with Crippen LogP contribution in [0.4, 0.5) is 4.39 Å². The molecule has 4 heteroatoms. The number of benzene rings is 1. The maximum absolute atomic E-state index is 12.5. The van der Waals surface area contributed by atoms with Gasteiger partial charge in [-0.3, -0.25) is 4.39 Å². The van der Waals surface area contributed by atoms with E-state index in [2.05, 4.69) is 34.4 Å². The minimum absolute atomic E-state index is 0.122. The molecule has 130 valence electrons. The van der Waals surface area contributed by atoms with E-state index in [9.17, 15) is 4.39 Å². The first-order chi connectivity index (χ1) is 11.3. The summed E-state index contributed by atoms with van der Waals surface area (Å²) in [7, 11) is 0. The van der Waals surface area contributed by atoms with Gasteiger partial charge in [0.05, 0.1) is 6.67 Å². The van der Waals surface area contributed by atoms with Crippen molar-refractivity contribution in [1.82, 2.24) is 10.2 Å². The fourth-order valence-corrected chi connectivity index (χ4v) is 3.78. The van der Waals surface area contributed by atoms with Crippen molar-refractivity contribution in [3.05, 3.63) is 35.4 Å². The molecule has 23 heavy (non-hydrogen) atoms. The van der Waals surface area contributed by atoms with Crippen molar-refractivity contribution in [3.8, 4) is 0 Å². The van der Waals surface area contributed by atoms with Crippen LogP contribution in [0.2, 0.25) is 0 Å². The van der Waals surface area contributed by atoms with Gasteiger partial charge in [-0.1, -0.05) is 49.9 Å². The van der Waals surface area contributed by atoms with Gasteiger partial charge in [0.1, 0.15) is 0 Å². The number of unbranched alkanes of at least 4 members (excludes halogenated alkanes) is 2. The zero-order valence-electron chi connectivity index (χ0n) is 14.1. The summed E-state index contributed by atoms with van der Waals surface area (Å²) in [5.41, 5.74) is 2.59. The molecular weight excluding hydrogens is 311 g/mol. The number of rotatable bonds is 10. The van der Waals surface area contributed by atoms with E-state index in [1.807, 2.05) is 0 Å². The topological polar surface area (TPSA) is 24.1 Å². The van der Waals surface area contributed by atoms with Crippen LogP contribution in [-0.4, -0.2) is 19.8 Å². The van der Waals surface area contributed by atoms with E-state index in [1.54, 1.807) is 0 Å². The molecular formula is C19H30ClFN2. The van der Waals surface area contributed by atoms with Crippen LogP contribution >= 0.6 is 11.8 Å². The second kappa shape index (κ2) is 10.3. The highest BCUT2D eigenvalue weighted by Crippen LogP contribution is 2.37. The molecule has 1 aromatic rings. The molecule has 0 bridgehead atoms. The Bertz CT molecular complexity index is 430. The quantitative estimate of drug-likeness (QED) is 0.469. The van der Waals surface area contributed by atoms with E-state index in [0.29, 0.717) is 6.42 Å². The van der Waals surface area contributed by atoms with Gasteiger partial charge in [0.25, 0.3) is 0 Å². The molecule has 2 nitrogen and oxygen atoms in total. The van der Waals surface area contributed by atoms with Crippen molar-refractivity contribution in [2.75, 3.05) is 19.8 Å². The number of hydrogen-bond donors (Lipinski definition) is 2. The molecule has 0 aliphatic heterocycles. The van der Waals surface area contributed by atoms with Crippen molar-refractivity contribution >= 4 is 11.8 Å². The van der Waals surface area contributed by atoms with E-state index in [1.165, 1.54) is 50.5 Å². The van der Waals surface area contributed by atoms with Crippen molar-refractivity contribution < 1.29 is 4.39 Å². The van der Waals surface area contributed by atoms with Crippen LogP contribution in [0, 0.1) is 0 Å². The third kappa shape index (κ3) is 5.74. The van der Waals surface area contributed by atoms with E-state index >= 15 is 0 Å². The van der Waals surface area contributed by atoms with Crippen molar-refractivity contribution in [1.29, 1.82) is 0 Å². The maximum Gasteiger partial charge on any atom is 0.0934 e. The minimum atomic E-state index is -0.278. The van der Waals surface area contributed by atoms with Crippen LogP contribution in [0.25, 0.3) is 0 Å². The predicted molar refractivity (Wildman–Crippen MR) is 96.6 cm³/mol. The monoisotopic (exact) mass is 340 g/mol. The fourth-order valence-electron chi connectivity index (χ4n) is 3.64. The van der Waals surface area contributed by atoms with Crippen LogP contribution in [0.15, 0.2) is 24.3 Å². The number of halogens is 2. The van der Waals surface area contributed by atoms with Crippen LogP contribution in [0.1, 0.15) is 62.5 Å². The van der Waals surface area contributed by atoms with E-state index < -0.39 is 0 Å². The number of nitrogens with one attached hydrogen (secondary N) is 2. The van der Waals surface area contributed by atoms with Crippen LogP contribution in [0.5, 0.6) is 0 Å². The molecule has 0 radical (unpaired) electrons. The zero-order chi connectivity index (χ0) is 16.4. The lowest BCUT2D eigenvalue weighted by molar-refractivity contribution is 0.232. The summed E-state index contributed by atoms with van der Waals surface area (Å²) in [4.78, 5) is 2.68. The van der Waals surface area contributed by atoms with Gasteiger partial charge in [-0.15, -0.1) is 0 Å². The first kappa shape index (κ1) is 18.7. The summed E-state index contributed by atoms with van der Waals surface area (Å²) in [6.45, 7) is 1.65. The van der Waals surface area contributed by atoms with Crippen LogP contribution in [0.3, 0.4) is 0 Å². The summed E-state index contributed by atoms with van der Waals surface area (Å²) < 4.78 is 12.5. The third-order valence-electron chi connectivity index (χ3n) is 5.01. The molecule has 0 aromatic heterocycles. The Kier molecular flexibility index (Phi) is 8.35. The summed E-state index contributed by atoms with van der Waals surface area (Å²) >= 11 is 5.48. The molecule has 1 aromatic carbocycles. The van der Waals surface area contributed by atoms with Gasteiger partial charge in [-0.2, -0.15) is 0 Å². The highest BCUT2D eigenvalue weighted by molar-refractivity contribution is 6.13. The zero-order valence-corrected chi connectivity index (χ0v) is 14.8. The number of aryl methyl sites for hydroxylation is 1. The Labute approximate surface area is 145 Å². The normalized spacial score (nSPS) is 17.3. The van der Waals surface area contributed by atoms with Crippen molar-refractivity contribution in [2.24, 2.45) is 0 Å². The lowest BCUT2D eigenvalue weighted by atomic mass is 9.76. The smallest absolute Gasteiger partial charge is 0.0934 e. The van der Waals surface area contributed by atoms with Gasteiger partial charge in [0.15, 0.2) is 0 Å². The largest absolute Gasteiger partial charge is 0.307 e. The molecule has 1 saturated carbocycles. The summed E-state index contributed by atoms with van der Waals surface area (Å²) in [5, 5.41) is 3.85. The minimum Gasteiger partial charge on any atom is -0.307 e. The maximum atomic E-state index is 12.5. The average Bonchev–Trinajstić information content (AvgIpc) is 2.60. The summed E-state index contributed by atoms with van der Waals surface area (Å²) in [6, 6.07) is 8.61. The van der Waals surface area contributed by atoms with E-state index in [0.717, 1.165) is 25.1 Å². The molecule has 0 atom stereocenters. The molecule has 0 unspecified atom stereocenters. The van der Waals surface area contributed by atoms with Crippen molar-refractivity contribution in [2.45, 2.75) is 63.3 Å². The first-order valence-electron chi connectivity index (χ1n) is 9.05. The molecule has 0 heterocycles. The van der Waals surface area contributed by atoms with Crippen LogP contribution < -0.4 is 10.2 Å². The summed E-state index contributed by atoms with van der Waals surface area (Å²) in [6.07, 6.45) is 10.3. The molecule has 0 saturated heterocycles. The fraction of sp³-hybridized carbons (Fsp3) is 0.684. The van der Waals surface area contributed by atoms with Gasteiger partial charge in [0.2, 0.25) is 0 Å². The molecule has 0 amide bonds. The first-order valence-corrected chi connectivity index (χ1v) is 9.42. The van der Waals surface area contributed by atoms with Gasteiger partial charge in [-0.25, -0.2) is 4.84 Å². The Balaban J connectivity index is 1.94. The Hall–Kier alpha value is -0.640. The molecule has 1 fully saturated rings. The Morgan fingerprint density at radius 2 is 1.65 bits per heavy atom. The van der Waals surface area contributed by atoms with Gasteiger partial charge >= 0.3 is 0 Å². The van der Waals surface area contributed by atoms with Gasteiger partial charge in [-0.05, 0) is 55.1 Å². The van der Waals surface area contributed by atoms with E-state index in [-0.39, 0.29) is 12.2 Å². The lowest BCUT2D eigenvalue weighted by Gasteiger charge is -2.39. The van der Waals surface area contributed by atoms with Gasteiger partial charge < -0.3 is 5.32 Å². The second-order valence-electron chi connectivity index (χ2n) is 6.65. The molecule has 0 spiro atoms. The van der Waals surface area contributed by atoms with Crippen molar-refractivity contribution in [3.63, 3.8) is 0 Å². The highest BCUT2D eigenvalue weighted by Gasteiger charge is 2.32. The molecule has 1 aliphatic carbocycles. The Morgan fingerprint density at radius 1 is 0.957 bits per heavy atom. The molecule has 1 aliphatic rings. The molecule has 2 rings (SSSR count). The SMILES string of the molecule is FCCc1ccc(C2(NCCCCCNCl)CCCCC2)cc1. The van der Waals surface area contributed by atoms with Crippen LogP contribution in [-0.2, 0) is 12.0 Å². The number of hydrogen-bond acceptors (Lipinski definition) is 2. The predicted octanol–water partition coefficient (Wildman–Crippen LogP) is 4.86. The average molecular weight is 341 g/mol.